The molecule has 0 N–H and O–H groups in total. The van der Waals surface area contributed by atoms with E-state index in [1.54, 1.807) is 25.1 Å². The SMILES string of the molecule is CC1=N[C@](CF)(c2ccccc2F)[C@H]2COCC[C@H]2O1. The summed E-state index contributed by atoms with van der Waals surface area (Å²) in [6.07, 6.45) is 0.505. The molecule has 108 valence electrons. The molecule has 0 amide bonds. The fourth-order valence-corrected chi connectivity index (χ4v) is 3.19. The second-order valence-electron chi connectivity index (χ2n) is 5.29. The molecule has 1 aromatic rings. The molecule has 0 aromatic heterocycles. The lowest BCUT2D eigenvalue weighted by atomic mass is 9.74. The van der Waals surface area contributed by atoms with Crippen LogP contribution in [0.5, 0.6) is 0 Å². The van der Waals surface area contributed by atoms with Crippen molar-refractivity contribution in [3.8, 4) is 0 Å². The van der Waals surface area contributed by atoms with Crippen molar-refractivity contribution in [1.82, 2.24) is 0 Å². The van der Waals surface area contributed by atoms with Gasteiger partial charge in [-0.15, -0.1) is 0 Å². The zero-order valence-electron chi connectivity index (χ0n) is 11.3. The molecular weight excluding hydrogens is 264 g/mol. The van der Waals surface area contributed by atoms with E-state index >= 15 is 0 Å². The lowest BCUT2D eigenvalue weighted by Crippen LogP contribution is -2.53. The van der Waals surface area contributed by atoms with Crippen LogP contribution in [-0.2, 0) is 15.0 Å². The van der Waals surface area contributed by atoms with E-state index in [9.17, 15) is 8.78 Å². The third kappa shape index (κ3) is 2.00. The molecule has 20 heavy (non-hydrogen) atoms. The first-order valence-electron chi connectivity index (χ1n) is 6.79. The molecule has 1 fully saturated rings. The van der Waals surface area contributed by atoms with E-state index in [-0.39, 0.29) is 17.6 Å². The van der Waals surface area contributed by atoms with Gasteiger partial charge in [0.1, 0.15) is 24.1 Å². The molecule has 3 nitrogen and oxygen atoms in total. The minimum absolute atomic E-state index is 0.170. The first kappa shape index (κ1) is 13.5. The molecule has 0 bridgehead atoms. The minimum Gasteiger partial charge on any atom is -0.477 e. The summed E-state index contributed by atoms with van der Waals surface area (Å²) >= 11 is 0. The van der Waals surface area contributed by atoms with E-state index in [2.05, 4.69) is 4.99 Å². The van der Waals surface area contributed by atoms with Crippen molar-refractivity contribution < 1.29 is 18.3 Å². The summed E-state index contributed by atoms with van der Waals surface area (Å²) in [6.45, 7) is 1.84. The molecule has 0 aliphatic carbocycles. The highest BCUT2D eigenvalue weighted by atomic mass is 19.1. The Kier molecular flexibility index (Phi) is 3.46. The number of fused-ring (bicyclic) bond motifs is 1. The molecule has 3 atom stereocenters. The zero-order valence-corrected chi connectivity index (χ0v) is 11.3. The largest absolute Gasteiger partial charge is 0.477 e. The summed E-state index contributed by atoms with van der Waals surface area (Å²) in [4.78, 5) is 4.35. The van der Waals surface area contributed by atoms with E-state index in [1.165, 1.54) is 6.07 Å². The Morgan fingerprint density at radius 1 is 1.40 bits per heavy atom. The van der Waals surface area contributed by atoms with Crippen LogP contribution in [0.3, 0.4) is 0 Å². The second kappa shape index (κ2) is 5.13. The van der Waals surface area contributed by atoms with Gasteiger partial charge in [0.15, 0.2) is 5.90 Å². The van der Waals surface area contributed by atoms with Crippen LogP contribution in [0.15, 0.2) is 29.3 Å². The van der Waals surface area contributed by atoms with Gasteiger partial charge in [-0.05, 0) is 6.07 Å². The van der Waals surface area contributed by atoms with Gasteiger partial charge in [-0.1, -0.05) is 18.2 Å². The molecule has 1 aromatic carbocycles. The molecule has 0 radical (unpaired) electrons. The highest BCUT2D eigenvalue weighted by Gasteiger charge is 2.51. The number of rotatable bonds is 2. The first-order valence-corrected chi connectivity index (χ1v) is 6.79. The van der Waals surface area contributed by atoms with Crippen LogP contribution in [0.4, 0.5) is 8.78 Å². The van der Waals surface area contributed by atoms with E-state index in [1.807, 2.05) is 0 Å². The van der Waals surface area contributed by atoms with Crippen molar-refractivity contribution in [3.05, 3.63) is 35.6 Å². The van der Waals surface area contributed by atoms with E-state index in [4.69, 9.17) is 9.47 Å². The smallest absolute Gasteiger partial charge is 0.181 e. The number of aliphatic imine (C=N–C) groups is 1. The maximum absolute atomic E-state index is 14.2. The molecule has 2 aliphatic rings. The molecule has 5 heteroatoms. The number of benzene rings is 1. The predicted octanol–water partition coefficient (Wildman–Crippen LogP) is 2.84. The van der Waals surface area contributed by atoms with Crippen molar-refractivity contribution in [1.29, 1.82) is 0 Å². The first-order chi connectivity index (χ1) is 9.67. The second-order valence-corrected chi connectivity index (χ2v) is 5.29. The average molecular weight is 281 g/mol. The van der Waals surface area contributed by atoms with Crippen LogP contribution in [-0.4, -0.2) is 31.9 Å². The quantitative estimate of drug-likeness (QED) is 0.834. The van der Waals surface area contributed by atoms with Gasteiger partial charge in [0.25, 0.3) is 0 Å². The van der Waals surface area contributed by atoms with Crippen molar-refractivity contribution in [2.45, 2.75) is 25.0 Å². The summed E-state index contributed by atoms with van der Waals surface area (Å²) < 4.78 is 39.3. The van der Waals surface area contributed by atoms with Gasteiger partial charge >= 0.3 is 0 Å². The normalized spacial score (nSPS) is 33.0. The Hall–Kier alpha value is -1.49. The maximum atomic E-state index is 14.2. The van der Waals surface area contributed by atoms with Crippen LogP contribution in [0, 0.1) is 11.7 Å². The fraction of sp³-hybridized carbons (Fsp3) is 0.533. The predicted molar refractivity (Wildman–Crippen MR) is 71.0 cm³/mol. The van der Waals surface area contributed by atoms with Crippen molar-refractivity contribution >= 4 is 5.90 Å². The van der Waals surface area contributed by atoms with Gasteiger partial charge in [-0.2, -0.15) is 0 Å². The summed E-state index contributed by atoms with van der Waals surface area (Å²) in [6, 6.07) is 6.23. The maximum Gasteiger partial charge on any atom is 0.181 e. The standard InChI is InChI=1S/C15H17F2NO2/c1-10-18-15(9-16,11-4-2-3-5-13(11)17)12-8-19-7-6-14(12)20-10/h2-5,12,14H,6-9H2,1H3/t12-,14+,15+/m0/s1. The fourth-order valence-electron chi connectivity index (χ4n) is 3.19. The molecule has 2 aliphatic heterocycles. The van der Waals surface area contributed by atoms with Crippen LogP contribution in [0.2, 0.25) is 0 Å². The average Bonchev–Trinajstić information content (AvgIpc) is 2.46. The number of halogens is 2. The zero-order chi connectivity index (χ0) is 14.2. The topological polar surface area (TPSA) is 30.8 Å². The molecular formula is C15H17F2NO2. The molecule has 1 saturated heterocycles. The Balaban J connectivity index is 2.14. The summed E-state index contributed by atoms with van der Waals surface area (Å²) in [5.74, 6) is -0.330. The number of ether oxygens (including phenoxy) is 2. The van der Waals surface area contributed by atoms with Crippen molar-refractivity contribution in [2.75, 3.05) is 19.9 Å². The van der Waals surface area contributed by atoms with Crippen LogP contribution in [0.1, 0.15) is 18.9 Å². The van der Waals surface area contributed by atoms with Gasteiger partial charge in [-0.3, -0.25) is 0 Å². The highest BCUT2D eigenvalue weighted by Crippen LogP contribution is 2.44. The van der Waals surface area contributed by atoms with Crippen molar-refractivity contribution in [2.24, 2.45) is 10.9 Å². The minimum atomic E-state index is -1.24. The van der Waals surface area contributed by atoms with Gasteiger partial charge in [-0.25, -0.2) is 13.8 Å². The Morgan fingerprint density at radius 2 is 2.20 bits per heavy atom. The third-order valence-corrected chi connectivity index (χ3v) is 4.13. The highest BCUT2D eigenvalue weighted by molar-refractivity contribution is 5.75. The van der Waals surface area contributed by atoms with Crippen LogP contribution < -0.4 is 0 Å². The summed E-state index contributed by atoms with van der Waals surface area (Å²) in [5.41, 5.74) is -0.954. The molecule has 0 saturated carbocycles. The summed E-state index contributed by atoms with van der Waals surface area (Å²) in [7, 11) is 0. The number of hydrogen-bond acceptors (Lipinski definition) is 3. The van der Waals surface area contributed by atoms with E-state index in [0.29, 0.717) is 25.5 Å². The Labute approximate surface area is 116 Å². The summed E-state index contributed by atoms with van der Waals surface area (Å²) in [5, 5.41) is 0. The van der Waals surface area contributed by atoms with Crippen LogP contribution >= 0.6 is 0 Å². The van der Waals surface area contributed by atoms with Gasteiger partial charge in [0.2, 0.25) is 0 Å². The lowest BCUT2D eigenvalue weighted by Gasteiger charge is -2.45. The molecule has 2 heterocycles. The van der Waals surface area contributed by atoms with E-state index in [0.717, 1.165) is 0 Å². The Morgan fingerprint density at radius 3 is 2.95 bits per heavy atom. The monoisotopic (exact) mass is 281 g/mol. The van der Waals surface area contributed by atoms with Gasteiger partial charge in [0, 0.05) is 18.9 Å². The molecule has 3 rings (SSSR count). The van der Waals surface area contributed by atoms with Crippen LogP contribution in [0.25, 0.3) is 0 Å². The number of alkyl halides is 1. The van der Waals surface area contributed by atoms with Crippen molar-refractivity contribution in [3.63, 3.8) is 0 Å². The van der Waals surface area contributed by atoms with Gasteiger partial charge < -0.3 is 9.47 Å². The molecule has 0 spiro atoms. The number of nitrogens with zero attached hydrogens (tertiary/aromatic N) is 1. The van der Waals surface area contributed by atoms with E-state index < -0.39 is 18.0 Å². The number of hydrogen-bond donors (Lipinski definition) is 0. The Bertz CT molecular complexity index is 534. The molecule has 0 unspecified atom stereocenters. The lowest BCUT2D eigenvalue weighted by molar-refractivity contribution is -0.0780. The third-order valence-electron chi connectivity index (χ3n) is 4.13. The van der Waals surface area contributed by atoms with Gasteiger partial charge in [0.05, 0.1) is 19.1 Å².